The molecule has 0 radical (unpaired) electrons. The number of fused-ring (bicyclic) bond motifs is 1. The van der Waals surface area contributed by atoms with E-state index in [9.17, 15) is 14.9 Å². The third-order valence-electron chi connectivity index (χ3n) is 4.61. The van der Waals surface area contributed by atoms with Gasteiger partial charge in [0.25, 0.3) is 0 Å². The van der Waals surface area contributed by atoms with Crippen LogP contribution in [0.25, 0.3) is 22.7 Å². The predicted molar refractivity (Wildman–Crippen MR) is 119 cm³/mol. The summed E-state index contributed by atoms with van der Waals surface area (Å²) >= 11 is 3.49. The molecular formula is C24H14BrFN4O. The van der Waals surface area contributed by atoms with Crippen LogP contribution in [0.2, 0.25) is 0 Å². The summed E-state index contributed by atoms with van der Waals surface area (Å²) in [6, 6.07) is 21.2. The molecule has 0 saturated heterocycles. The van der Waals surface area contributed by atoms with Crippen molar-refractivity contribution in [1.29, 1.82) is 10.5 Å². The predicted octanol–water partition coefficient (Wildman–Crippen LogP) is 5.98. The summed E-state index contributed by atoms with van der Waals surface area (Å²) in [4.78, 5) is 7.34. The third kappa shape index (κ3) is 4.48. The van der Waals surface area contributed by atoms with Crippen LogP contribution >= 0.6 is 15.9 Å². The Morgan fingerprint density at radius 3 is 2.74 bits per heavy atom. The minimum absolute atomic E-state index is 0.260. The zero-order valence-corrected chi connectivity index (χ0v) is 17.6. The van der Waals surface area contributed by atoms with Gasteiger partial charge in [-0.05, 0) is 64.0 Å². The molecule has 3 aromatic carbocycles. The molecule has 4 aromatic rings. The molecule has 0 amide bonds. The lowest BCUT2D eigenvalue weighted by molar-refractivity contribution is 0.304. The molecule has 31 heavy (non-hydrogen) atoms. The Balaban J connectivity index is 1.56. The smallest absolute Gasteiger partial charge is 0.149 e. The number of benzene rings is 3. The van der Waals surface area contributed by atoms with E-state index in [1.54, 1.807) is 24.3 Å². The van der Waals surface area contributed by atoms with Gasteiger partial charge in [0.2, 0.25) is 0 Å². The van der Waals surface area contributed by atoms with Crippen molar-refractivity contribution in [2.75, 3.05) is 0 Å². The van der Waals surface area contributed by atoms with Crippen LogP contribution in [0.5, 0.6) is 5.75 Å². The minimum atomic E-state index is -0.373. The van der Waals surface area contributed by atoms with Gasteiger partial charge in [-0.1, -0.05) is 24.3 Å². The topological polar surface area (TPSA) is 85.5 Å². The minimum Gasteiger partial charge on any atom is -0.488 e. The molecule has 7 heteroatoms. The number of aromatic amines is 1. The quantitative estimate of drug-likeness (QED) is 0.362. The number of nitrogens with one attached hydrogen (secondary N) is 1. The Morgan fingerprint density at radius 2 is 1.97 bits per heavy atom. The van der Waals surface area contributed by atoms with E-state index >= 15 is 0 Å². The Hall–Kier alpha value is -3.94. The summed E-state index contributed by atoms with van der Waals surface area (Å²) < 4.78 is 20.0. The molecule has 0 saturated carbocycles. The van der Waals surface area contributed by atoms with Crippen molar-refractivity contribution in [2.45, 2.75) is 6.61 Å². The Kier molecular flexibility index (Phi) is 5.79. The van der Waals surface area contributed by atoms with E-state index in [2.05, 4.69) is 38.0 Å². The zero-order valence-electron chi connectivity index (χ0n) is 16.1. The zero-order chi connectivity index (χ0) is 21.8. The van der Waals surface area contributed by atoms with Crippen LogP contribution in [0, 0.1) is 28.5 Å². The molecule has 0 spiro atoms. The Morgan fingerprint density at radius 1 is 1.13 bits per heavy atom. The number of ether oxygens (including phenoxy) is 1. The van der Waals surface area contributed by atoms with E-state index in [-0.39, 0.29) is 12.4 Å². The number of hydrogen-bond acceptors (Lipinski definition) is 4. The van der Waals surface area contributed by atoms with Crippen LogP contribution in [0.15, 0.2) is 65.1 Å². The van der Waals surface area contributed by atoms with Crippen molar-refractivity contribution < 1.29 is 9.13 Å². The van der Waals surface area contributed by atoms with Crippen LogP contribution < -0.4 is 4.74 Å². The average molecular weight is 473 g/mol. The molecule has 4 rings (SSSR count). The summed E-state index contributed by atoms with van der Waals surface area (Å²) in [7, 11) is 0. The highest BCUT2D eigenvalue weighted by Crippen LogP contribution is 2.29. The van der Waals surface area contributed by atoms with Crippen LogP contribution in [0.1, 0.15) is 22.5 Å². The number of nitrogens with zero attached hydrogens (tertiary/aromatic N) is 3. The Bertz CT molecular complexity index is 1390. The molecule has 0 aliphatic carbocycles. The van der Waals surface area contributed by atoms with Gasteiger partial charge in [0.05, 0.1) is 32.7 Å². The first-order valence-corrected chi connectivity index (χ1v) is 10.0. The van der Waals surface area contributed by atoms with Crippen molar-refractivity contribution in [3.05, 3.63) is 93.5 Å². The van der Waals surface area contributed by atoms with E-state index in [1.807, 2.05) is 30.3 Å². The monoisotopic (exact) mass is 472 g/mol. The second-order valence-corrected chi connectivity index (χ2v) is 7.52. The van der Waals surface area contributed by atoms with Gasteiger partial charge in [0.15, 0.2) is 0 Å². The largest absolute Gasteiger partial charge is 0.488 e. The molecule has 1 N–H and O–H groups in total. The summed E-state index contributed by atoms with van der Waals surface area (Å²) in [5.41, 5.74) is 3.57. The summed E-state index contributed by atoms with van der Waals surface area (Å²) in [5, 5.41) is 18.8. The number of imidazole rings is 1. The highest BCUT2D eigenvalue weighted by molar-refractivity contribution is 9.10. The molecule has 0 aliphatic rings. The summed E-state index contributed by atoms with van der Waals surface area (Å²) in [6.07, 6.45) is 1.69. The standard InChI is InChI=1S/C24H14BrFN4O/c25-20-10-15(5-8-23(20)31-14-17-4-2-1-3-16(17)12-27)9-18(13-28)24-29-21-7-6-19(26)11-22(21)30-24/h1-11H,14H2,(H,29,30)/b18-9-. The molecule has 1 heterocycles. The van der Waals surface area contributed by atoms with E-state index in [1.165, 1.54) is 12.1 Å². The van der Waals surface area contributed by atoms with Crippen molar-refractivity contribution in [3.8, 4) is 17.9 Å². The van der Waals surface area contributed by atoms with Crippen LogP contribution in [-0.4, -0.2) is 9.97 Å². The SMILES string of the molecule is N#C/C(=C/c1ccc(OCc2ccccc2C#N)c(Br)c1)c1nc2ccc(F)cc2[nH]1. The highest BCUT2D eigenvalue weighted by atomic mass is 79.9. The van der Waals surface area contributed by atoms with Gasteiger partial charge in [-0.25, -0.2) is 9.37 Å². The van der Waals surface area contributed by atoms with Crippen molar-refractivity contribution in [2.24, 2.45) is 0 Å². The van der Waals surface area contributed by atoms with Gasteiger partial charge < -0.3 is 9.72 Å². The molecule has 0 bridgehead atoms. The second kappa shape index (κ2) is 8.83. The molecule has 1 aromatic heterocycles. The number of halogens is 2. The molecule has 0 aliphatic heterocycles. The van der Waals surface area contributed by atoms with Crippen molar-refractivity contribution in [3.63, 3.8) is 0 Å². The lowest BCUT2D eigenvalue weighted by atomic mass is 10.1. The van der Waals surface area contributed by atoms with Gasteiger partial charge in [-0.3, -0.25) is 0 Å². The highest BCUT2D eigenvalue weighted by Gasteiger charge is 2.10. The molecular weight excluding hydrogens is 459 g/mol. The van der Waals surface area contributed by atoms with E-state index < -0.39 is 0 Å². The van der Waals surface area contributed by atoms with Gasteiger partial charge in [-0.15, -0.1) is 0 Å². The number of H-pyrrole nitrogens is 1. The fourth-order valence-corrected chi connectivity index (χ4v) is 3.58. The first-order chi connectivity index (χ1) is 15.1. The maximum absolute atomic E-state index is 13.4. The van der Waals surface area contributed by atoms with Crippen LogP contribution in [0.4, 0.5) is 4.39 Å². The fraction of sp³-hybridized carbons (Fsp3) is 0.0417. The molecule has 0 fully saturated rings. The summed E-state index contributed by atoms with van der Waals surface area (Å²) in [5.74, 6) is 0.609. The second-order valence-electron chi connectivity index (χ2n) is 6.66. The fourth-order valence-electron chi connectivity index (χ4n) is 3.06. The average Bonchev–Trinajstić information content (AvgIpc) is 3.20. The molecule has 150 valence electrons. The summed E-state index contributed by atoms with van der Waals surface area (Å²) in [6.45, 7) is 0.260. The number of aromatic nitrogens is 2. The van der Waals surface area contributed by atoms with E-state index in [4.69, 9.17) is 4.74 Å². The number of hydrogen-bond donors (Lipinski definition) is 1. The number of rotatable bonds is 5. The lowest BCUT2D eigenvalue weighted by Crippen LogP contribution is -1.98. The van der Waals surface area contributed by atoms with E-state index in [0.29, 0.717) is 38.2 Å². The van der Waals surface area contributed by atoms with Crippen molar-refractivity contribution >= 4 is 38.6 Å². The number of nitriles is 2. The Labute approximate surface area is 186 Å². The first-order valence-electron chi connectivity index (χ1n) is 9.25. The molecule has 0 atom stereocenters. The van der Waals surface area contributed by atoms with E-state index in [0.717, 1.165) is 11.1 Å². The lowest BCUT2D eigenvalue weighted by Gasteiger charge is -2.10. The molecule has 0 unspecified atom stereocenters. The number of allylic oxidation sites excluding steroid dienone is 1. The van der Waals surface area contributed by atoms with Gasteiger partial charge >= 0.3 is 0 Å². The first kappa shape index (κ1) is 20.3. The van der Waals surface area contributed by atoms with Crippen LogP contribution in [0.3, 0.4) is 0 Å². The van der Waals surface area contributed by atoms with Crippen molar-refractivity contribution in [1.82, 2.24) is 9.97 Å². The maximum Gasteiger partial charge on any atom is 0.149 e. The van der Waals surface area contributed by atoms with Gasteiger partial charge in [-0.2, -0.15) is 10.5 Å². The van der Waals surface area contributed by atoms with Crippen LogP contribution in [-0.2, 0) is 6.61 Å². The molecule has 5 nitrogen and oxygen atoms in total. The van der Waals surface area contributed by atoms with Gasteiger partial charge in [0, 0.05) is 5.56 Å². The third-order valence-corrected chi connectivity index (χ3v) is 5.23. The maximum atomic E-state index is 13.4. The normalized spacial score (nSPS) is 11.2. The van der Waals surface area contributed by atoms with Gasteiger partial charge in [0.1, 0.15) is 30.1 Å².